The molecule has 0 amide bonds. The monoisotopic (exact) mass is 255 g/mol. The van der Waals surface area contributed by atoms with Crippen LogP contribution in [0.4, 0.5) is 4.39 Å². The zero-order chi connectivity index (χ0) is 12.8. The third-order valence-electron chi connectivity index (χ3n) is 2.47. The molecule has 17 heavy (non-hydrogen) atoms. The second kappa shape index (κ2) is 6.55. The summed E-state index contributed by atoms with van der Waals surface area (Å²) >= 11 is 4.88. The molecule has 1 aromatic rings. The molecule has 0 fully saturated rings. The van der Waals surface area contributed by atoms with Gasteiger partial charge in [0.15, 0.2) is 0 Å². The Hall–Kier alpha value is -1.16. The van der Waals surface area contributed by atoms with Crippen molar-refractivity contribution in [1.82, 2.24) is 0 Å². The van der Waals surface area contributed by atoms with E-state index in [4.69, 9.17) is 22.7 Å². The maximum atomic E-state index is 13.2. The molecule has 0 saturated heterocycles. The lowest BCUT2D eigenvalue weighted by molar-refractivity contribution is 0.312. The van der Waals surface area contributed by atoms with E-state index in [1.54, 1.807) is 6.07 Å². The van der Waals surface area contributed by atoms with Crippen molar-refractivity contribution in [2.45, 2.75) is 32.6 Å². The van der Waals surface area contributed by atoms with Crippen LogP contribution in [0.1, 0.15) is 38.2 Å². The van der Waals surface area contributed by atoms with Gasteiger partial charge in [-0.25, -0.2) is 4.39 Å². The van der Waals surface area contributed by atoms with Crippen LogP contribution in [0.2, 0.25) is 0 Å². The highest BCUT2D eigenvalue weighted by atomic mass is 32.1. The highest BCUT2D eigenvalue weighted by molar-refractivity contribution is 7.80. The summed E-state index contributed by atoms with van der Waals surface area (Å²) in [6.07, 6.45) is 1.47. The fraction of sp³-hybridized carbons (Fsp3) is 0.462. The lowest BCUT2D eigenvalue weighted by Gasteiger charge is -2.16. The van der Waals surface area contributed by atoms with Gasteiger partial charge < -0.3 is 10.5 Å². The molecule has 0 radical (unpaired) electrons. The van der Waals surface area contributed by atoms with Gasteiger partial charge in [0, 0.05) is 12.0 Å². The van der Waals surface area contributed by atoms with E-state index in [-0.39, 0.29) is 11.7 Å². The highest BCUT2D eigenvalue weighted by Crippen LogP contribution is 2.29. The Morgan fingerprint density at radius 1 is 1.53 bits per heavy atom. The van der Waals surface area contributed by atoms with Crippen molar-refractivity contribution in [3.8, 4) is 5.75 Å². The summed E-state index contributed by atoms with van der Waals surface area (Å²) in [6, 6.07) is 4.56. The smallest absolute Gasteiger partial charge is 0.123 e. The van der Waals surface area contributed by atoms with Crippen molar-refractivity contribution >= 4 is 17.2 Å². The second-order valence-electron chi connectivity index (χ2n) is 4.10. The predicted octanol–water partition coefficient (Wildman–Crippen LogP) is 3.39. The van der Waals surface area contributed by atoms with E-state index in [1.807, 2.05) is 13.8 Å². The number of ether oxygens (including phenoxy) is 1. The van der Waals surface area contributed by atoms with Crippen LogP contribution in [0.25, 0.3) is 0 Å². The summed E-state index contributed by atoms with van der Waals surface area (Å²) in [5.74, 6) is 0.519. The van der Waals surface area contributed by atoms with E-state index < -0.39 is 0 Å². The minimum atomic E-state index is -0.265. The van der Waals surface area contributed by atoms with Crippen molar-refractivity contribution in [3.63, 3.8) is 0 Å². The first kappa shape index (κ1) is 13.9. The van der Waals surface area contributed by atoms with E-state index in [9.17, 15) is 4.39 Å². The molecule has 2 N–H and O–H groups in total. The molecule has 0 aliphatic heterocycles. The quantitative estimate of drug-likeness (QED) is 0.791. The summed E-state index contributed by atoms with van der Waals surface area (Å²) in [6.45, 7) is 4.62. The van der Waals surface area contributed by atoms with Crippen molar-refractivity contribution in [3.05, 3.63) is 29.6 Å². The van der Waals surface area contributed by atoms with Crippen LogP contribution >= 0.6 is 12.2 Å². The highest BCUT2D eigenvalue weighted by Gasteiger charge is 2.13. The molecule has 0 aliphatic carbocycles. The Bertz CT molecular complexity index is 395. The van der Waals surface area contributed by atoms with E-state index in [1.165, 1.54) is 12.1 Å². The number of nitrogens with two attached hydrogens (primary N) is 1. The zero-order valence-corrected chi connectivity index (χ0v) is 11.0. The maximum Gasteiger partial charge on any atom is 0.123 e. The molecular weight excluding hydrogens is 237 g/mol. The van der Waals surface area contributed by atoms with Gasteiger partial charge in [-0.1, -0.05) is 26.1 Å². The Morgan fingerprint density at radius 3 is 2.82 bits per heavy atom. The van der Waals surface area contributed by atoms with Crippen LogP contribution in [-0.2, 0) is 0 Å². The largest absolute Gasteiger partial charge is 0.493 e. The van der Waals surface area contributed by atoms with Gasteiger partial charge in [0.1, 0.15) is 11.6 Å². The molecule has 1 aromatic carbocycles. The Kier molecular flexibility index (Phi) is 5.35. The molecular formula is C13H18FNOS. The molecule has 0 aliphatic rings. The molecule has 4 heteroatoms. The first-order chi connectivity index (χ1) is 8.04. The molecule has 0 heterocycles. The summed E-state index contributed by atoms with van der Waals surface area (Å²) in [5.41, 5.74) is 6.34. The van der Waals surface area contributed by atoms with E-state index >= 15 is 0 Å². The minimum absolute atomic E-state index is 0.0649. The standard InChI is InChI=1S/C13H18FNOS/c1-3-6-16-12-5-4-10(14)8-11(12)9(2)7-13(15)17/h4-5,8-9H,3,6-7H2,1-2H3,(H2,15,17). The molecule has 2 nitrogen and oxygen atoms in total. The predicted molar refractivity (Wildman–Crippen MR) is 72.0 cm³/mol. The minimum Gasteiger partial charge on any atom is -0.493 e. The summed E-state index contributed by atoms with van der Waals surface area (Å²) in [5, 5.41) is 0. The summed E-state index contributed by atoms with van der Waals surface area (Å²) in [7, 11) is 0. The van der Waals surface area contributed by atoms with Gasteiger partial charge in [0.2, 0.25) is 0 Å². The summed E-state index contributed by atoms with van der Waals surface area (Å²) < 4.78 is 18.8. The number of halogens is 1. The second-order valence-corrected chi connectivity index (χ2v) is 4.63. The van der Waals surface area contributed by atoms with Crippen molar-refractivity contribution in [2.75, 3.05) is 6.61 Å². The lowest BCUT2D eigenvalue weighted by Crippen LogP contribution is -2.12. The molecule has 1 unspecified atom stereocenters. The first-order valence-corrected chi connectivity index (χ1v) is 6.16. The van der Waals surface area contributed by atoms with Gasteiger partial charge in [0.25, 0.3) is 0 Å². The molecule has 1 rings (SSSR count). The molecule has 0 bridgehead atoms. The summed E-state index contributed by atoms with van der Waals surface area (Å²) in [4.78, 5) is 0.434. The SMILES string of the molecule is CCCOc1ccc(F)cc1C(C)CC(N)=S. The third kappa shape index (κ3) is 4.30. The number of benzene rings is 1. The Labute approximate surface area is 107 Å². The van der Waals surface area contributed by atoms with Crippen molar-refractivity contribution < 1.29 is 9.13 Å². The van der Waals surface area contributed by atoms with Gasteiger partial charge in [-0.15, -0.1) is 0 Å². The third-order valence-corrected chi connectivity index (χ3v) is 2.64. The topological polar surface area (TPSA) is 35.2 Å². The normalized spacial score (nSPS) is 12.2. The van der Waals surface area contributed by atoms with E-state index in [0.717, 1.165) is 17.7 Å². The zero-order valence-electron chi connectivity index (χ0n) is 10.2. The Balaban J connectivity index is 2.93. The number of rotatable bonds is 6. The molecule has 1 atom stereocenters. The number of hydrogen-bond donors (Lipinski definition) is 1. The van der Waals surface area contributed by atoms with Crippen LogP contribution in [0.5, 0.6) is 5.75 Å². The molecule has 0 saturated carbocycles. The van der Waals surface area contributed by atoms with Gasteiger partial charge >= 0.3 is 0 Å². The van der Waals surface area contributed by atoms with Gasteiger partial charge in [-0.3, -0.25) is 0 Å². The van der Waals surface area contributed by atoms with E-state index in [2.05, 4.69) is 0 Å². The Morgan fingerprint density at radius 2 is 2.24 bits per heavy atom. The molecule has 0 spiro atoms. The van der Waals surface area contributed by atoms with Crippen LogP contribution in [0.3, 0.4) is 0 Å². The van der Waals surface area contributed by atoms with Gasteiger partial charge in [0.05, 0.1) is 11.6 Å². The fourth-order valence-corrected chi connectivity index (χ4v) is 1.91. The van der Waals surface area contributed by atoms with Crippen LogP contribution < -0.4 is 10.5 Å². The number of hydrogen-bond acceptors (Lipinski definition) is 2. The molecule has 94 valence electrons. The van der Waals surface area contributed by atoms with Crippen LogP contribution in [0.15, 0.2) is 18.2 Å². The number of thiocarbonyl (C=S) groups is 1. The average molecular weight is 255 g/mol. The average Bonchev–Trinajstić information content (AvgIpc) is 2.26. The van der Waals surface area contributed by atoms with E-state index in [0.29, 0.717) is 18.0 Å². The maximum absolute atomic E-state index is 13.2. The van der Waals surface area contributed by atoms with Crippen molar-refractivity contribution in [2.24, 2.45) is 5.73 Å². The molecule has 0 aromatic heterocycles. The van der Waals surface area contributed by atoms with Gasteiger partial charge in [-0.2, -0.15) is 0 Å². The van der Waals surface area contributed by atoms with Gasteiger partial charge in [-0.05, 0) is 30.5 Å². The lowest BCUT2D eigenvalue weighted by atomic mass is 9.96. The first-order valence-electron chi connectivity index (χ1n) is 5.75. The van der Waals surface area contributed by atoms with Crippen LogP contribution in [0, 0.1) is 5.82 Å². The van der Waals surface area contributed by atoms with Crippen LogP contribution in [-0.4, -0.2) is 11.6 Å². The fourth-order valence-electron chi connectivity index (χ4n) is 1.66. The van der Waals surface area contributed by atoms with Crippen molar-refractivity contribution in [1.29, 1.82) is 0 Å².